The van der Waals surface area contributed by atoms with Crippen molar-refractivity contribution >= 4 is 5.82 Å². The number of benzene rings is 1. The Labute approximate surface area is 133 Å². The Morgan fingerprint density at radius 1 is 1.26 bits per heavy atom. The van der Waals surface area contributed by atoms with Gasteiger partial charge in [-0.25, -0.2) is 9.37 Å². The molecule has 2 aliphatic rings. The van der Waals surface area contributed by atoms with Crippen LogP contribution in [0.1, 0.15) is 30.7 Å². The lowest BCUT2D eigenvalue weighted by Crippen LogP contribution is -2.14. The zero-order valence-corrected chi connectivity index (χ0v) is 12.7. The van der Waals surface area contributed by atoms with Crippen LogP contribution in [0.15, 0.2) is 24.5 Å². The first-order chi connectivity index (χ1) is 11.2. The first-order valence-corrected chi connectivity index (χ1v) is 7.87. The number of anilines is 1. The fourth-order valence-electron chi connectivity index (χ4n) is 2.77. The summed E-state index contributed by atoms with van der Waals surface area (Å²) in [5, 5.41) is 0. The zero-order chi connectivity index (χ0) is 15.8. The lowest BCUT2D eigenvalue weighted by molar-refractivity contribution is 0.247. The van der Waals surface area contributed by atoms with Crippen LogP contribution in [0.4, 0.5) is 10.2 Å². The van der Waals surface area contributed by atoms with Crippen molar-refractivity contribution in [3.05, 3.63) is 35.9 Å². The molecular weight excluding hydrogens is 297 g/mol. The van der Waals surface area contributed by atoms with Gasteiger partial charge in [-0.3, -0.25) is 4.98 Å². The van der Waals surface area contributed by atoms with Crippen molar-refractivity contribution in [1.29, 1.82) is 0 Å². The van der Waals surface area contributed by atoms with Crippen molar-refractivity contribution < 1.29 is 13.9 Å². The van der Waals surface area contributed by atoms with Crippen LogP contribution >= 0.6 is 0 Å². The Hall–Kier alpha value is -2.21. The number of nitrogen functional groups attached to an aromatic ring is 1. The molecular formula is C17H18FN3O2. The van der Waals surface area contributed by atoms with Gasteiger partial charge in [-0.1, -0.05) is 12.5 Å². The van der Waals surface area contributed by atoms with Crippen LogP contribution in [-0.2, 0) is 4.74 Å². The molecule has 1 aromatic heterocycles. The van der Waals surface area contributed by atoms with Crippen molar-refractivity contribution in [2.24, 2.45) is 0 Å². The normalized spacial score (nSPS) is 20.1. The zero-order valence-electron chi connectivity index (χ0n) is 12.7. The van der Waals surface area contributed by atoms with Crippen LogP contribution in [0.25, 0.3) is 11.3 Å². The molecule has 4 rings (SSSR count). The number of epoxide rings is 1. The molecule has 0 spiro atoms. The molecule has 120 valence electrons. The number of nitrogens with zero attached hydrogens (tertiary/aromatic N) is 2. The highest BCUT2D eigenvalue weighted by Gasteiger charge is 2.29. The summed E-state index contributed by atoms with van der Waals surface area (Å²) in [4.78, 5) is 8.14. The van der Waals surface area contributed by atoms with Gasteiger partial charge in [0.25, 0.3) is 0 Å². The average molecular weight is 315 g/mol. The Morgan fingerprint density at radius 3 is 2.70 bits per heavy atom. The van der Waals surface area contributed by atoms with E-state index in [1.165, 1.54) is 18.8 Å². The third-order valence-electron chi connectivity index (χ3n) is 4.44. The minimum Gasteiger partial charge on any atom is -0.487 e. The topological polar surface area (TPSA) is 73.6 Å². The standard InChI is InChI=1S/C17H18FN3O2/c18-16-13(14-6-21-15(19)7-20-14)5-4-12(10-2-1-3-10)17(16)23-9-11-8-22-11/h4-7,10-11H,1-3,8-9H2,(H2,19,21). The third-order valence-corrected chi connectivity index (χ3v) is 4.44. The molecule has 2 N–H and O–H groups in total. The average Bonchev–Trinajstić information content (AvgIpc) is 3.31. The molecule has 1 aliphatic carbocycles. The number of nitrogens with two attached hydrogens (primary N) is 1. The molecule has 1 saturated heterocycles. The van der Waals surface area contributed by atoms with Crippen LogP contribution in [0.2, 0.25) is 0 Å². The molecule has 2 heterocycles. The van der Waals surface area contributed by atoms with E-state index in [9.17, 15) is 0 Å². The molecule has 0 radical (unpaired) electrons. The van der Waals surface area contributed by atoms with Gasteiger partial charge in [-0.2, -0.15) is 0 Å². The number of ether oxygens (including phenoxy) is 2. The monoisotopic (exact) mass is 315 g/mol. The second-order valence-electron chi connectivity index (χ2n) is 6.07. The minimum atomic E-state index is -0.380. The Bertz CT molecular complexity index is 713. The maximum absolute atomic E-state index is 15.0. The Morgan fingerprint density at radius 2 is 2.09 bits per heavy atom. The van der Waals surface area contributed by atoms with Crippen LogP contribution in [-0.4, -0.2) is 29.3 Å². The first kappa shape index (κ1) is 14.4. The molecule has 2 fully saturated rings. The van der Waals surface area contributed by atoms with E-state index in [-0.39, 0.29) is 11.9 Å². The molecule has 0 amide bonds. The van der Waals surface area contributed by atoms with Crippen molar-refractivity contribution in [2.75, 3.05) is 18.9 Å². The van der Waals surface area contributed by atoms with Crippen LogP contribution < -0.4 is 10.5 Å². The highest BCUT2D eigenvalue weighted by Crippen LogP contribution is 2.43. The van der Waals surface area contributed by atoms with Crippen LogP contribution in [0.3, 0.4) is 0 Å². The van der Waals surface area contributed by atoms with Gasteiger partial charge >= 0.3 is 0 Å². The van der Waals surface area contributed by atoms with Crippen LogP contribution in [0, 0.1) is 5.82 Å². The number of hydrogen-bond acceptors (Lipinski definition) is 5. The van der Waals surface area contributed by atoms with Gasteiger partial charge in [-0.05, 0) is 24.8 Å². The van der Waals surface area contributed by atoms with E-state index >= 15 is 4.39 Å². The first-order valence-electron chi connectivity index (χ1n) is 7.87. The molecule has 1 aromatic carbocycles. The predicted octanol–water partition coefficient (Wildman–Crippen LogP) is 2.91. The van der Waals surface area contributed by atoms with Crippen molar-refractivity contribution in [3.63, 3.8) is 0 Å². The highest BCUT2D eigenvalue weighted by atomic mass is 19.1. The molecule has 23 heavy (non-hydrogen) atoms. The summed E-state index contributed by atoms with van der Waals surface area (Å²) < 4.78 is 26.0. The summed E-state index contributed by atoms with van der Waals surface area (Å²) in [7, 11) is 0. The maximum Gasteiger partial charge on any atom is 0.174 e. The third kappa shape index (κ3) is 2.86. The second-order valence-corrected chi connectivity index (χ2v) is 6.07. The van der Waals surface area contributed by atoms with E-state index in [0.717, 1.165) is 18.4 Å². The number of hydrogen-bond donors (Lipinski definition) is 1. The summed E-state index contributed by atoms with van der Waals surface area (Å²) in [6, 6.07) is 3.70. The SMILES string of the molecule is Nc1cnc(-c2ccc(C3CCC3)c(OCC3CO3)c2F)cn1. The molecule has 5 nitrogen and oxygen atoms in total. The summed E-state index contributed by atoms with van der Waals surface area (Å²) in [5.41, 5.74) is 7.32. The fraction of sp³-hybridized carbons (Fsp3) is 0.412. The van der Waals surface area contributed by atoms with Gasteiger partial charge in [0.1, 0.15) is 18.5 Å². The van der Waals surface area contributed by atoms with Crippen molar-refractivity contribution in [2.45, 2.75) is 31.3 Å². The molecule has 6 heteroatoms. The molecule has 1 aliphatic heterocycles. The second kappa shape index (κ2) is 5.77. The van der Waals surface area contributed by atoms with Gasteiger partial charge in [0.2, 0.25) is 0 Å². The summed E-state index contributed by atoms with van der Waals surface area (Å²) >= 11 is 0. The highest BCUT2D eigenvalue weighted by molar-refractivity contribution is 5.64. The van der Waals surface area contributed by atoms with Gasteiger partial charge in [0.05, 0.1) is 24.7 Å². The van der Waals surface area contributed by atoms with E-state index in [4.69, 9.17) is 15.2 Å². The van der Waals surface area contributed by atoms with Gasteiger partial charge in [0, 0.05) is 11.1 Å². The summed E-state index contributed by atoms with van der Waals surface area (Å²) in [6.45, 7) is 1.07. The minimum absolute atomic E-state index is 0.0867. The Balaban J connectivity index is 1.71. The van der Waals surface area contributed by atoms with Crippen molar-refractivity contribution in [1.82, 2.24) is 9.97 Å². The van der Waals surface area contributed by atoms with E-state index in [0.29, 0.717) is 42.0 Å². The molecule has 1 atom stereocenters. The van der Waals surface area contributed by atoms with E-state index < -0.39 is 0 Å². The fourth-order valence-corrected chi connectivity index (χ4v) is 2.77. The molecule has 1 unspecified atom stereocenters. The van der Waals surface area contributed by atoms with Crippen LogP contribution in [0.5, 0.6) is 5.75 Å². The number of halogens is 1. The van der Waals surface area contributed by atoms with Crippen molar-refractivity contribution in [3.8, 4) is 17.0 Å². The Kier molecular flexibility index (Phi) is 3.61. The molecule has 0 bridgehead atoms. The largest absolute Gasteiger partial charge is 0.487 e. The number of aromatic nitrogens is 2. The van der Waals surface area contributed by atoms with Gasteiger partial charge in [-0.15, -0.1) is 0 Å². The molecule has 1 saturated carbocycles. The smallest absolute Gasteiger partial charge is 0.174 e. The van der Waals surface area contributed by atoms with E-state index in [2.05, 4.69) is 9.97 Å². The summed E-state index contributed by atoms with van der Waals surface area (Å²) in [6.07, 6.45) is 6.33. The summed E-state index contributed by atoms with van der Waals surface area (Å²) in [5.74, 6) is 0.643. The van der Waals surface area contributed by atoms with E-state index in [1.807, 2.05) is 6.07 Å². The molecule has 2 aromatic rings. The van der Waals surface area contributed by atoms with Gasteiger partial charge < -0.3 is 15.2 Å². The number of rotatable bonds is 5. The van der Waals surface area contributed by atoms with Gasteiger partial charge in [0.15, 0.2) is 11.6 Å². The predicted molar refractivity (Wildman–Crippen MR) is 83.7 cm³/mol. The quantitative estimate of drug-likeness (QED) is 0.859. The maximum atomic E-state index is 15.0. The van der Waals surface area contributed by atoms with E-state index in [1.54, 1.807) is 6.07 Å². The lowest BCUT2D eigenvalue weighted by Gasteiger charge is -2.28. The lowest BCUT2D eigenvalue weighted by atomic mass is 9.79.